The molecular weight excluding hydrogens is 404 g/mol. The number of benzene rings is 1. The van der Waals surface area contributed by atoms with Gasteiger partial charge in [-0.2, -0.15) is 0 Å². The van der Waals surface area contributed by atoms with E-state index in [2.05, 4.69) is 21.4 Å². The first-order valence-electron chi connectivity index (χ1n) is 11.8. The fourth-order valence-corrected chi connectivity index (χ4v) is 5.97. The van der Waals surface area contributed by atoms with Crippen LogP contribution in [0.15, 0.2) is 30.6 Å². The van der Waals surface area contributed by atoms with E-state index in [9.17, 15) is 5.11 Å². The molecule has 2 aromatic heterocycles. The third kappa shape index (κ3) is 3.39. The molecule has 32 heavy (non-hydrogen) atoms. The largest absolute Gasteiger partial charge is 0.484 e. The Labute approximate surface area is 187 Å². The lowest BCUT2D eigenvalue weighted by Gasteiger charge is -2.52. The van der Waals surface area contributed by atoms with Crippen LogP contribution in [-0.4, -0.2) is 37.8 Å². The molecule has 3 fully saturated rings. The molecule has 3 aliphatic carbocycles. The van der Waals surface area contributed by atoms with Gasteiger partial charge >= 0.3 is 0 Å². The Bertz CT molecular complexity index is 1140. The van der Waals surface area contributed by atoms with Crippen LogP contribution in [0.1, 0.15) is 62.1 Å². The van der Waals surface area contributed by atoms with E-state index in [1.165, 1.54) is 18.4 Å². The highest BCUT2D eigenvalue weighted by molar-refractivity contribution is 5.84. The first-order chi connectivity index (χ1) is 15.6. The summed E-state index contributed by atoms with van der Waals surface area (Å²) in [5.41, 5.74) is 4.30. The minimum atomic E-state index is -0.256. The van der Waals surface area contributed by atoms with Crippen LogP contribution in [0.4, 0.5) is 0 Å². The fourth-order valence-electron chi connectivity index (χ4n) is 5.97. The number of nitrogens with zero attached hydrogens (tertiary/aromatic N) is 4. The number of hydrogen-bond donors (Lipinski definition) is 1. The second kappa shape index (κ2) is 7.81. The van der Waals surface area contributed by atoms with Gasteiger partial charge in [-0.05, 0) is 86.6 Å². The molecule has 0 spiro atoms. The predicted molar refractivity (Wildman–Crippen MR) is 119 cm³/mol. The molecule has 4 aliphatic rings. The highest BCUT2D eigenvalue weighted by atomic mass is 16.5. The number of pyridine rings is 1. The van der Waals surface area contributed by atoms with Crippen molar-refractivity contribution in [2.75, 3.05) is 6.61 Å². The molecule has 3 aromatic rings. The zero-order valence-corrected chi connectivity index (χ0v) is 18.6. The first kappa shape index (κ1) is 20.1. The van der Waals surface area contributed by atoms with E-state index in [1.807, 2.05) is 43.1 Å². The van der Waals surface area contributed by atoms with Crippen molar-refractivity contribution in [3.05, 3.63) is 47.4 Å². The highest BCUT2D eigenvalue weighted by Gasteiger charge is 2.48. The molecule has 4 atom stereocenters. The van der Waals surface area contributed by atoms with Crippen molar-refractivity contribution >= 4 is 10.9 Å². The van der Waals surface area contributed by atoms with Gasteiger partial charge in [-0.3, -0.25) is 4.98 Å². The molecule has 1 N–H and O–H groups in total. The molecule has 1 unspecified atom stereocenters. The van der Waals surface area contributed by atoms with E-state index >= 15 is 0 Å². The van der Waals surface area contributed by atoms with Crippen molar-refractivity contribution in [3.8, 4) is 5.75 Å². The summed E-state index contributed by atoms with van der Waals surface area (Å²) < 4.78 is 13.9. The van der Waals surface area contributed by atoms with Gasteiger partial charge in [-0.1, -0.05) is 5.21 Å². The maximum atomic E-state index is 10.2. The highest BCUT2D eigenvalue weighted by Crippen LogP contribution is 2.54. The molecule has 2 bridgehead atoms. The number of ether oxygens (including phenoxy) is 2. The third-order valence-corrected chi connectivity index (χ3v) is 7.89. The summed E-state index contributed by atoms with van der Waals surface area (Å²) in [5.74, 6) is 2.52. The molecular formula is C25H30N4O3. The normalized spacial score (nSPS) is 28.6. The van der Waals surface area contributed by atoms with Crippen LogP contribution in [0, 0.1) is 17.8 Å². The van der Waals surface area contributed by atoms with E-state index in [0.717, 1.165) is 47.4 Å². The zero-order valence-electron chi connectivity index (χ0n) is 18.6. The molecule has 3 heterocycles. The number of hydrogen-bond acceptors (Lipinski definition) is 6. The van der Waals surface area contributed by atoms with Crippen molar-refractivity contribution in [3.63, 3.8) is 0 Å². The topological polar surface area (TPSA) is 82.3 Å². The molecule has 0 saturated heterocycles. The van der Waals surface area contributed by atoms with E-state index in [0.29, 0.717) is 30.4 Å². The first-order valence-corrected chi connectivity index (χ1v) is 11.8. The smallest absolute Gasteiger partial charge is 0.141 e. The molecule has 168 valence electrons. The maximum absolute atomic E-state index is 10.2. The monoisotopic (exact) mass is 434 g/mol. The molecule has 1 aliphatic heterocycles. The van der Waals surface area contributed by atoms with Crippen molar-refractivity contribution in [1.82, 2.24) is 20.0 Å². The lowest BCUT2D eigenvalue weighted by Crippen LogP contribution is -2.46. The van der Waals surface area contributed by atoms with Crippen LogP contribution < -0.4 is 4.74 Å². The molecule has 7 heteroatoms. The Morgan fingerprint density at radius 2 is 2.06 bits per heavy atom. The molecule has 0 radical (unpaired) electrons. The van der Waals surface area contributed by atoms with Crippen LogP contribution in [0.2, 0.25) is 0 Å². The second-order valence-corrected chi connectivity index (χ2v) is 9.83. The SMILES string of the molecule is CC(O)[C@@H]1C[C@H](n2cc([C@@H](C)Oc3ccc4ncc5c(c4c3)CCOC5)nn2)C2CC1C2. The number of aliphatic hydroxyl groups is 1. The number of fused-ring (bicyclic) bond motifs is 5. The van der Waals surface area contributed by atoms with Crippen molar-refractivity contribution < 1.29 is 14.6 Å². The van der Waals surface area contributed by atoms with Crippen molar-refractivity contribution in [1.29, 1.82) is 0 Å². The van der Waals surface area contributed by atoms with Gasteiger partial charge in [-0.15, -0.1) is 5.10 Å². The molecule has 0 amide bonds. The fraction of sp³-hybridized carbons (Fsp3) is 0.560. The number of rotatable bonds is 5. The van der Waals surface area contributed by atoms with Crippen LogP contribution >= 0.6 is 0 Å². The zero-order chi connectivity index (χ0) is 21.8. The Hall–Kier alpha value is -2.51. The second-order valence-electron chi connectivity index (χ2n) is 9.83. The lowest BCUT2D eigenvalue weighted by molar-refractivity contribution is -0.0564. The van der Waals surface area contributed by atoms with Crippen LogP contribution in [0.3, 0.4) is 0 Å². The van der Waals surface area contributed by atoms with Crippen LogP contribution in [0.25, 0.3) is 10.9 Å². The van der Waals surface area contributed by atoms with Gasteiger partial charge in [-0.25, -0.2) is 4.68 Å². The average molecular weight is 435 g/mol. The molecule has 3 saturated carbocycles. The maximum Gasteiger partial charge on any atom is 0.141 e. The average Bonchev–Trinajstić information content (AvgIpc) is 3.28. The Balaban J connectivity index is 1.21. The Kier molecular flexibility index (Phi) is 4.91. The van der Waals surface area contributed by atoms with E-state index in [4.69, 9.17) is 9.47 Å². The van der Waals surface area contributed by atoms with Gasteiger partial charge in [0, 0.05) is 11.6 Å². The summed E-state index contributed by atoms with van der Waals surface area (Å²) in [6, 6.07) is 6.42. The predicted octanol–water partition coefficient (Wildman–Crippen LogP) is 4.01. The van der Waals surface area contributed by atoms with Gasteiger partial charge in [0.2, 0.25) is 0 Å². The standard InChI is InChI=1S/C25H30N4O3/c1-14(30)21-10-25(17-7-16(21)8-17)29-12-24(27-28-29)15(2)32-19-3-4-23-22(9-19)20-5-6-31-13-18(20)11-26-23/h3-4,9,11-12,14-17,21,25,30H,5-8,10,13H2,1-2H3/t14?,15-,16?,17?,21+,25+/m1/s1. The van der Waals surface area contributed by atoms with E-state index in [1.54, 1.807) is 0 Å². The summed E-state index contributed by atoms with van der Waals surface area (Å²) in [4.78, 5) is 4.58. The minimum absolute atomic E-state index is 0.206. The van der Waals surface area contributed by atoms with Gasteiger partial charge in [0.25, 0.3) is 0 Å². The summed E-state index contributed by atoms with van der Waals surface area (Å²) in [5, 5.41) is 20.2. The van der Waals surface area contributed by atoms with E-state index in [-0.39, 0.29) is 12.2 Å². The molecule has 7 rings (SSSR count). The summed E-state index contributed by atoms with van der Waals surface area (Å²) in [6.45, 7) is 5.31. The van der Waals surface area contributed by atoms with E-state index < -0.39 is 0 Å². The number of aromatic nitrogens is 4. The number of aliphatic hydroxyl groups excluding tert-OH is 1. The Morgan fingerprint density at radius 3 is 2.91 bits per heavy atom. The van der Waals surface area contributed by atoms with Crippen molar-refractivity contribution in [2.24, 2.45) is 17.8 Å². The third-order valence-electron chi connectivity index (χ3n) is 7.89. The van der Waals surface area contributed by atoms with Gasteiger partial charge in [0.05, 0.1) is 37.1 Å². The quantitative estimate of drug-likeness (QED) is 0.653. The summed E-state index contributed by atoms with van der Waals surface area (Å²) >= 11 is 0. The van der Waals surface area contributed by atoms with Gasteiger partial charge in [0.1, 0.15) is 17.5 Å². The van der Waals surface area contributed by atoms with Gasteiger partial charge < -0.3 is 14.6 Å². The van der Waals surface area contributed by atoms with Gasteiger partial charge in [0.15, 0.2) is 0 Å². The molecule has 1 aromatic carbocycles. The van der Waals surface area contributed by atoms with Crippen LogP contribution in [0.5, 0.6) is 5.75 Å². The Morgan fingerprint density at radius 1 is 1.19 bits per heavy atom. The minimum Gasteiger partial charge on any atom is -0.484 e. The van der Waals surface area contributed by atoms with Crippen molar-refractivity contribution in [2.45, 2.75) is 64.4 Å². The summed E-state index contributed by atoms with van der Waals surface area (Å²) in [7, 11) is 0. The van der Waals surface area contributed by atoms with Crippen LogP contribution in [-0.2, 0) is 17.8 Å². The summed E-state index contributed by atoms with van der Waals surface area (Å²) in [6.07, 6.45) is 7.78. The molecule has 7 nitrogen and oxygen atoms in total. The lowest BCUT2D eigenvalue weighted by atomic mass is 9.56.